The van der Waals surface area contributed by atoms with E-state index in [2.05, 4.69) is 10.6 Å². The number of carbonyl (C=O) groups is 2. The van der Waals surface area contributed by atoms with Gasteiger partial charge in [-0.1, -0.05) is 0 Å². The summed E-state index contributed by atoms with van der Waals surface area (Å²) in [6, 6.07) is 0.530. The lowest BCUT2D eigenvalue weighted by Gasteiger charge is -2.25. The first-order valence-electron chi connectivity index (χ1n) is 11.6. The van der Waals surface area contributed by atoms with E-state index in [0.29, 0.717) is 26.2 Å². The van der Waals surface area contributed by atoms with Gasteiger partial charge in [0.2, 0.25) is 0 Å². The highest BCUT2D eigenvalue weighted by atomic mass is 16.6. The summed E-state index contributed by atoms with van der Waals surface area (Å²) in [5.74, 6) is 0. The summed E-state index contributed by atoms with van der Waals surface area (Å²) >= 11 is 0. The Morgan fingerprint density at radius 1 is 0.719 bits per heavy atom. The Labute approximate surface area is 191 Å². The van der Waals surface area contributed by atoms with Crippen LogP contribution in [0.1, 0.15) is 41.5 Å². The molecule has 4 atom stereocenters. The Morgan fingerprint density at radius 2 is 1.09 bits per heavy atom. The fraction of sp³-hybridized carbons (Fsp3) is 0.909. The standard InChI is InChI=1S/2C11H20N2O3/c2*1-11(2,3)16-10(14)13-6-8-9(7-13)15-5-4-12-8/h2*8-9,12H,4-7H2,1-3H3/t2*8-,9-/m10/s1. The Bertz CT molecular complexity index is 578. The topological polar surface area (TPSA) is 102 Å². The van der Waals surface area contributed by atoms with Crippen molar-refractivity contribution in [2.45, 2.75) is 77.0 Å². The van der Waals surface area contributed by atoms with Crippen LogP contribution in [0.5, 0.6) is 0 Å². The first-order valence-corrected chi connectivity index (χ1v) is 11.6. The van der Waals surface area contributed by atoms with E-state index in [4.69, 9.17) is 18.9 Å². The van der Waals surface area contributed by atoms with Crippen LogP contribution in [0, 0.1) is 0 Å². The molecule has 4 rings (SSSR count). The van der Waals surface area contributed by atoms with Crippen molar-refractivity contribution in [2.24, 2.45) is 0 Å². The number of morpholine rings is 2. The minimum atomic E-state index is -0.431. The SMILES string of the molecule is CC(C)(C)OC(=O)N1C[C@@H]2NCCO[C@H]2C1.CC(C)(C)OC(=O)N1C[C@H]2NCCO[C@@H]2C1. The predicted molar refractivity (Wildman–Crippen MR) is 119 cm³/mol. The van der Waals surface area contributed by atoms with Gasteiger partial charge in [-0.15, -0.1) is 0 Å². The number of nitrogens with zero attached hydrogens (tertiary/aromatic N) is 2. The minimum absolute atomic E-state index is 0.126. The predicted octanol–water partition coefficient (Wildman–Crippen LogP) is 1.19. The summed E-state index contributed by atoms with van der Waals surface area (Å²) in [6.07, 6.45) is -0.234. The first-order chi connectivity index (χ1) is 14.9. The molecule has 4 fully saturated rings. The van der Waals surface area contributed by atoms with Gasteiger partial charge < -0.3 is 39.4 Å². The van der Waals surface area contributed by atoms with Crippen LogP contribution in [0.3, 0.4) is 0 Å². The quantitative estimate of drug-likeness (QED) is 0.561. The maximum absolute atomic E-state index is 11.8. The van der Waals surface area contributed by atoms with E-state index in [0.717, 1.165) is 26.3 Å². The van der Waals surface area contributed by atoms with Crippen molar-refractivity contribution < 1.29 is 28.5 Å². The van der Waals surface area contributed by atoms with Gasteiger partial charge in [0.15, 0.2) is 0 Å². The van der Waals surface area contributed by atoms with Crippen molar-refractivity contribution in [2.75, 3.05) is 52.5 Å². The molecule has 0 aromatic rings. The normalized spacial score (nSPS) is 30.1. The van der Waals surface area contributed by atoms with Gasteiger partial charge in [-0.3, -0.25) is 0 Å². The molecule has 0 unspecified atom stereocenters. The van der Waals surface area contributed by atoms with E-state index in [-0.39, 0.29) is 36.5 Å². The number of ether oxygens (including phenoxy) is 4. The minimum Gasteiger partial charge on any atom is -0.444 e. The Morgan fingerprint density at radius 3 is 1.41 bits per heavy atom. The summed E-state index contributed by atoms with van der Waals surface area (Å²) < 4.78 is 21.9. The van der Waals surface area contributed by atoms with Crippen LogP contribution in [0.2, 0.25) is 0 Å². The van der Waals surface area contributed by atoms with Crippen molar-refractivity contribution in [3.05, 3.63) is 0 Å². The molecule has 0 aliphatic carbocycles. The third-order valence-electron chi connectivity index (χ3n) is 5.52. The maximum atomic E-state index is 11.8. The van der Waals surface area contributed by atoms with E-state index in [1.807, 2.05) is 41.5 Å². The Hall–Kier alpha value is -1.62. The lowest BCUT2D eigenvalue weighted by Crippen LogP contribution is -2.47. The van der Waals surface area contributed by atoms with Crippen LogP contribution in [-0.2, 0) is 18.9 Å². The lowest BCUT2D eigenvalue weighted by molar-refractivity contribution is 0.0102. The molecule has 0 aromatic carbocycles. The molecule has 4 aliphatic rings. The molecule has 4 aliphatic heterocycles. The second kappa shape index (κ2) is 10.1. The molecule has 10 nitrogen and oxygen atoms in total. The second-order valence-electron chi connectivity index (χ2n) is 10.7. The van der Waals surface area contributed by atoms with Crippen LogP contribution in [-0.4, -0.2) is 110 Å². The number of likely N-dealkylation sites (tertiary alicyclic amines) is 2. The molecule has 4 heterocycles. The number of fused-ring (bicyclic) bond motifs is 2. The smallest absolute Gasteiger partial charge is 0.410 e. The summed E-state index contributed by atoms with van der Waals surface area (Å²) in [5.41, 5.74) is -0.863. The fourth-order valence-electron chi connectivity index (χ4n) is 4.14. The molecule has 32 heavy (non-hydrogen) atoms. The van der Waals surface area contributed by atoms with E-state index < -0.39 is 11.2 Å². The molecule has 2 N–H and O–H groups in total. The number of rotatable bonds is 0. The van der Waals surface area contributed by atoms with Crippen LogP contribution < -0.4 is 10.6 Å². The van der Waals surface area contributed by atoms with E-state index in [9.17, 15) is 9.59 Å². The zero-order valence-corrected chi connectivity index (χ0v) is 20.3. The largest absolute Gasteiger partial charge is 0.444 e. The van der Waals surface area contributed by atoms with E-state index >= 15 is 0 Å². The average molecular weight is 457 g/mol. The van der Waals surface area contributed by atoms with Gasteiger partial charge in [-0.2, -0.15) is 0 Å². The molecule has 0 saturated carbocycles. The highest BCUT2D eigenvalue weighted by molar-refractivity contribution is 5.69. The van der Waals surface area contributed by atoms with Crippen molar-refractivity contribution in [1.29, 1.82) is 0 Å². The van der Waals surface area contributed by atoms with Gasteiger partial charge in [-0.05, 0) is 41.5 Å². The summed E-state index contributed by atoms with van der Waals surface area (Å²) in [4.78, 5) is 27.1. The molecule has 0 radical (unpaired) electrons. The number of hydrogen-bond acceptors (Lipinski definition) is 8. The van der Waals surface area contributed by atoms with Crippen molar-refractivity contribution in [3.63, 3.8) is 0 Å². The number of hydrogen-bond donors (Lipinski definition) is 2. The highest BCUT2D eigenvalue weighted by Gasteiger charge is 2.40. The summed E-state index contributed by atoms with van der Waals surface area (Å²) in [6.45, 7) is 17.1. The maximum Gasteiger partial charge on any atom is 0.410 e. The van der Waals surface area contributed by atoms with Crippen molar-refractivity contribution in [1.82, 2.24) is 20.4 Å². The average Bonchev–Trinajstić information content (AvgIpc) is 3.30. The zero-order chi connectivity index (χ0) is 23.5. The molecule has 0 aromatic heterocycles. The third kappa shape index (κ3) is 7.19. The molecular weight excluding hydrogens is 416 g/mol. The molecule has 0 spiro atoms. The molecule has 4 saturated heterocycles. The van der Waals surface area contributed by atoms with Crippen LogP contribution in [0.4, 0.5) is 9.59 Å². The third-order valence-corrected chi connectivity index (χ3v) is 5.52. The first kappa shape index (κ1) is 25.0. The highest BCUT2D eigenvalue weighted by Crippen LogP contribution is 2.20. The van der Waals surface area contributed by atoms with Gasteiger partial charge in [-0.25, -0.2) is 9.59 Å². The van der Waals surface area contributed by atoms with Crippen LogP contribution in [0.25, 0.3) is 0 Å². The second-order valence-corrected chi connectivity index (χ2v) is 10.7. The molecule has 2 amide bonds. The number of amides is 2. The van der Waals surface area contributed by atoms with Gasteiger partial charge >= 0.3 is 12.2 Å². The van der Waals surface area contributed by atoms with Crippen molar-refractivity contribution in [3.8, 4) is 0 Å². The van der Waals surface area contributed by atoms with Crippen LogP contribution in [0.15, 0.2) is 0 Å². The summed E-state index contributed by atoms with van der Waals surface area (Å²) in [5, 5.41) is 6.71. The Kier molecular flexibility index (Phi) is 7.90. The van der Waals surface area contributed by atoms with Gasteiger partial charge in [0.25, 0.3) is 0 Å². The van der Waals surface area contributed by atoms with Gasteiger partial charge in [0, 0.05) is 26.2 Å². The lowest BCUT2D eigenvalue weighted by atomic mass is 10.2. The monoisotopic (exact) mass is 456 g/mol. The molecular formula is C22H40N4O6. The van der Waals surface area contributed by atoms with Crippen molar-refractivity contribution >= 4 is 12.2 Å². The zero-order valence-electron chi connectivity index (χ0n) is 20.3. The number of nitrogens with one attached hydrogen (secondary N) is 2. The van der Waals surface area contributed by atoms with Gasteiger partial charge in [0.1, 0.15) is 11.2 Å². The number of carbonyl (C=O) groups excluding carboxylic acids is 2. The fourth-order valence-corrected chi connectivity index (χ4v) is 4.14. The van der Waals surface area contributed by atoms with E-state index in [1.54, 1.807) is 9.80 Å². The van der Waals surface area contributed by atoms with Crippen LogP contribution >= 0.6 is 0 Å². The van der Waals surface area contributed by atoms with Gasteiger partial charge in [0.05, 0.1) is 50.6 Å². The molecule has 184 valence electrons. The summed E-state index contributed by atoms with van der Waals surface area (Å²) in [7, 11) is 0. The Balaban J connectivity index is 0.000000181. The van der Waals surface area contributed by atoms with E-state index in [1.165, 1.54) is 0 Å². The molecule has 0 bridgehead atoms. The molecule has 10 heteroatoms.